The van der Waals surface area contributed by atoms with Gasteiger partial charge in [0.15, 0.2) is 11.5 Å². The van der Waals surface area contributed by atoms with E-state index in [0.29, 0.717) is 16.1 Å². The van der Waals surface area contributed by atoms with Gasteiger partial charge in [-0.3, -0.25) is 9.10 Å². The Hall–Kier alpha value is -4.25. The lowest BCUT2D eigenvalue weighted by Crippen LogP contribution is -2.38. The molecule has 4 aromatic rings. The number of halogens is 3. The topological polar surface area (TPSA) is 84.9 Å². The maximum Gasteiger partial charge on any atom is 0.416 e. The van der Waals surface area contributed by atoms with Gasteiger partial charge in [0.2, 0.25) is 5.91 Å². The third-order valence-corrected chi connectivity index (χ3v) is 7.49. The van der Waals surface area contributed by atoms with Crippen molar-refractivity contribution in [3.63, 3.8) is 0 Å². The number of nitrogens with zero attached hydrogens (tertiary/aromatic N) is 1. The van der Waals surface area contributed by atoms with Crippen LogP contribution < -0.4 is 19.1 Å². The van der Waals surface area contributed by atoms with E-state index in [0.717, 1.165) is 22.9 Å². The summed E-state index contributed by atoms with van der Waals surface area (Å²) in [6, 6.07) is 20.1. The van der Waals surface area contributed by atoms with Crippen LogP contribution in [0.3, 0.4) is 0 Å². The van der Waals surface area contributed by atoms with E-state index in [1.54, 1.807) is 18.2 Å². The van der Waals surface area contributed by atoms with Crippen LogP contribution in [0.15, 0.2) is 89.8 Å². The Balaban J connectivity index is 1.73. The summed E-state index contributed by atoms with van der Waals surface area (Å²) in [5, 5.41) is 4.41. The molecule has 0 atom stereocenters. The maximum atomic E-state index is 13.7. The fraction of sp³-hybridized carbons (Fsp3) is 0.148. The molecule has 7 nitrogen and oxygen atoms in total. The van der Waals surface area contributed by atoms with Crippen molar-refractivity contribution in [2.75, 3.05) is 30.4 Å². The zero-order chi connectivity index (χ0) is 27.5. The van der Waals surface area contributed by atoms with Crippen LogP contribution in [0.4, 0.5) is 24.5 Å². The Labute approximate surface area is 217 Å². The number of carbonyl (C=O) groups excluding carboxylic acids is 1. The fourth-order valence-electron chi connectivity index (χ4n) is 3.85. The summed E-state index contributed by atoms with van der Waals surface area (Å²) < 4.78 is 78.6. The lowest BCUT2D eigenvalue weighted by Gasteiger charge is -2.25. The number of sulfonamides is 1. The summed E-state index contributed by atoms with van der Waals surface area (Å²) >= 11 is 0. The Morgan fingerprint density at radius 1 is 0.842 bits per heavy atom. The van der Waals surface area contributed by atoms with E-state index in [1.165, 1.54) is 38.5 Å². The van der Waals surface area contributed by atoms with Crippen molar-refractivity contribution in [2.24, 2.45) is 0 Å². The fourth-order valence-corrected chi connectivity index (χ4v) is 5.28. The highest BCUT2D eigenvalue weighted by Gasteiger charge is 2.33. The van der Waals surface area contributed by atoms with Gasteiger partial charge in [-0.05, 0) is 53.2 Å². The van der Waals surface area contributed by atoms with E-state index in [9.17, 15) is 26.4 Å². The summed E-state index contributed by atoms with van der Waals surface area (Å²) in [7, 11) is -1.84. The lowest BCUT2D eigenvalue weighted by atomic mass is 10.1. The molecule has 0 radical (unpaired) electrons. The molecule has 4 rings (SSSR count). The maximum absolute atomic E-state index is 13.7. The second-order valence-corrected chi connectivity index (χ2v) is 10.0. The van der Waals surface area contributed by atoms with Crippen LogP contribution >= 0.6 is 0 Å². The summed E-state index contributed by atoms with van der Waals surface area (Å²) in [6.07, 6.45) is -4.72. The van der Waals surface area contributed by atoms with Gasteiger partial charge >= 0.3 is 6.18 Å². The number of carbonyl (C=O) groups is 1. The molecule has 0 saturated heterocycles. The SMILES string of the molecule is COc1ccc(S(=O)(=O)N(CC(=O)Nc2ccc3ccccc3c2)c2cccc(C(F)(F)F)c2)cc1OC. The molecule has 4 aromatic carbocycles. The van der Waals surface area contributed by atoms with Crippen molar-refractivity contribution < 1.29 is 35.9 Å². The Morgan fingerprint density at radius 2 is 1.55 bits per heavy atom. The van der Waals surface area contributed by atoms with Crippen molar-refractivity contribution in [3.05, 3.63) is 90.5 Å². The van der Waals surface area contributed by atoms with Crippen LogP contribution in [0.25, 0.3) is 10.8 Å². The quantitative estimate of drug-likeness (QED) is 0.307. The molecule has 0 bridgehead atoms. The number of methoxy groups -OCH3 is 2. The largest absolute Gasteiger partial charge is 0.493 e. The van der Waals surface area contributed by atoms with Crippen LogP contribution in [0.1, 0.15) is 5.56 Å². The second kappa shape index (κ2) is 10.6. The number of amides is 1. The molecule has 0 aliphatic rings. The average molecular weight is 545 g/mol. The van der Waals surface area contributed by atoms with Gasteiger partial charge in [-0.15, -0.1) is 0 Å². The molecular weight excluding hydrogens is 521 g/mol. The molecule has 0 aliphatic carbocycles. The molecule has 11 heteroatoms. The number of alkyl halides is 3. The molecule has 1 N–H and O–H groups in total. The van der Waals surface area contributed by atoms with Gasteiger partial charge in [-0.25, -0.2) is 8.42 Å². The van der Waals surface area contributed by atoms with Gasteiger partial charge in [-0.1, -0.05) is 36.4 Å². The monoisotopic (exact) mass is 544 g/mol. The summed E-state index contributed by atoms with van der Waals surface area (Å²) in [5.74, 6) is -0.397. The van der Waals surface area contributed by atoms with Crippen LogP contribution in [0.5, 0.6) is 11.5 Å². The predicted octanol–water partition coefficient (Wildman–Crippen LogP) is 5.71. The van der Waals surface area contributed by atoms with Gasteiger partial charge in [0.25, 0.3) is 10.0 Å². The standard InChI is InChI=1S/C27H23F3N2O5S/c1-36-24-13-12-23(16-25(24)37-2)38(34,35)32(22-9-5-8-20(15-22)27(28,29)30)17-26(33)31-21-11-10-18-6-3-4-7-19(18)14-21/h3-16H,17H2,1-2H3,(H,31,33). The van der Waals surface area contributed by atoms with Crippen LogP contribution in [0, 0.1) is 0 Å². The normalized spacial score (nSPS) is 11.7. The molecule has 0 spiro atoms. The summed E-state index contributed by atoms with van der Waals surface area (Å²) in [4.78, 5) is 12.7. The predicted molar refractivity (Wildman–Crippen MR) is 138 cm³/mol. The molecule has 38 heavy (non-hydrogen) atoms. The third kappa shape index (κ3) is 5.67. The number of benzene rings is 4. The average Bonchev–Trinajstić information content (AvgIpc) is 2.90. The Kier molecular flexibility index (Phi) is 7.49. The summed E-state index contributed by atoms with van der Waals surface area (Å²) in [5.41, 5.74) is -0.984. The van der Waals surface area contributed by atoms with E-state index in [4.69, 9.17) is 9.47 Å². The van der Waals surface area contributed by atoms with Crippen molar-refractivity contribution in [2.45, 2.75) is 11.1 Å². The van der Waals surface area contributed by atoms with E-state index in [2.05, 4.69) is 5.32 Å². The highest BCUT2D eigenvalue weighted by Crippen LogP contribution is 2.35. The van der Waals surface area contributed by atoms with Crippen molar-refractivity contribution in [3.8, 4) is 11.5 Å². The minimum Gasteiger partial charge on any atom is -0.493 e. The first-order chi connectivity index (χ1) is 18.0. The van der Waals surface area contributed by atoms with Gasteiger partial charge in [0.05, 0.1) is 30.4 Å². The zero-order valence-corrected chi connectivity index (χ0v) is 21.1. The number of rotatable bonds is 8. The molecule has 0 unspecified atom stereocenters. The molecule has 198 valence electrons. The van der Waals surface area contributed by atoms with Crippen molar-refractivity contribution >= 4 is 38.1 Å². The number of ether oxygens (including phenoxy) is 2. The van der Waals surface area contributed by atoms with Gasteiger partial charge < -0.3 is 14.8 Å². The van der Waals surface area contributed by atoms with Gasteiger partial charge in [0, 0.05) is 11.8 Å². The third-order valence-electron chi connectivity index (χ3n) is 5.72. The minimum absolute atomic E-state index is 0.0955. The van der Waals surface area contributed by atoms with E-state index in [1.807, 2.05) is 24.3 Å². The summed E-state index contributed by atoms with van der Waals surface area (Å²) in [6.45, 7) is -0.787. The zero-order valence-electron chi connectivity index (χ0n) is 20.3. The van der Waals surface area contributed by atoms with E-state index in [-0.39, 0.29) is 22.1 Å². The molecule has 0 heterocycles. The molecule has 0 saturated carbocycles. The van der Waals surface area contributed by atoms with Crippen LogP contribution in [-0.4, -0.2) is 35.1 Å². The highest BCUT2D eigenvalue weighted by atomic mass is 32.2. The number of anilines is 2. The van der Waals surface area contributed by atoms with Gasteiger partial charge in [0.1, 0.15) is 6.54 Å². The number of fused-ring (bicyclic) bond motifs is 1. The highest BCUT2D eigenvalue weighted by molar-refractivity contribution is 7.92. The van der Waals surface area contributed by atoms with Crippen LogP contribution in [-0.2, 0) is 21.0 Å². The smallest absolute Gasteiger partial charge is 0.416 e. The van der Waals surface area contributed by atoms with Crippen LogP contribution in [0.2, 0.25) is 0 Å². The van der Waals surface area contributed by atoms with E-state index < -0.39 is 34.2 Å². The minimum atomic E-state index is -4.72. The Bertz CT molecular complexity index is 1590. The first-order valence-corrected chi connectivity index (χ1v) is 12.7. The number of hydrogen-bond acceptors (Lipinski definition) is 5. The number of nitrogens with one attached hydrogen (secondary N) is 1. The van der Waals surface area contributed by atoms with Gasteiger partial charge in [-0.2, -0.15) is 13.2 Å². The first kappa shape index (κ1) is 26.8. The first-order valence-electron chi connectivity index (χ1n) is 11.2. The second-order valence-electron chi connectivity index (χ2n) is 8.19. The molecule has 1 amide bonds. The van der Waals surface area contributed by atoms with Crippen molar-refractivity contribution in [1.29, 1.82) is 0 Å². The number of hydrogen-bond donors (Lipinski definition) is 1. The lowest BCUT2D eigenvalue weighted by molar-refractivity contribution is -0.137. The van der Waals surface area contributed by atoms with E-state index >= 15 is 0 Å². The van der Waals surface area contributed by atoms with Crippen molar-refractivity contribution in [1.82, 2.24) is 0 Å². The molecule has 0 fully saturated rings. The Morgan fingerprint density at radius 3 is 2.24 bits per heavy atom. The molecule has 0 aliphatic heterocycles. The molecular formula is C27H23F3N2O5S. The molecule has 0 aromatic heterocycles.